The van der Waals surface area contributed by atoms with Crippen molar-refractivity contribution in [2.45, 2.75) is 19.4 Å². The van der Waals surface area contributed by atoms with Gasteiger partial charge in [0.25, 0.3) is 0 Å². The summed E-state index contributed by atoms with van der Waals surface area (Å²) < 4.78 is 13.8. The maximum absolute atomic E-state index is 13.8. The topological polar surface area (TPSA) is 41.3 Å². The Morgan fingerprint density at radius 2 is 2.26 bits per heavy atom. The van der Waals surface area contributed by atoms with Crippen LogP contribution in [0.3, 0.4) is 0 Å². The highest BCUT2D eigenvalue weighted by Gasteiger charge is 2.25. The van der Waals surface area contributed by atoms with E-state index in [1.165, 1.54) is 6.07 Å². The van der Waals surface area contributed by atoms with E-state index < -0.39 is 0 Å². The highest BCUT2D eigenvalue weighted by Crippen LogP contribution is 2.24. The number of anilines is 1. The van der Waals surface area contributed by atoms with Crippen molar-refractivity contribution in [3.05, 3.63) is 29.6 Å². The molecule has 5 heteroatoms. The highest BCUT2D eigenvalue weighted by atomic mass is 32.1. The number of nitrogens with one attached hydrogen (secondary N) is 1. The largest absolute Gasteiger partial charge is 0.389 e. The first-order chi connectivity index (χ1) is 8.99. The zero-order valence-electron chi connectivity index (χ0n) is 11.3. The molecule has 2 unspecified atom stereocenters. The molecule has 0 amide bonds. The van der Waals surface area contributed by atoms with Gasteiger partial charge in [-0.3, -0.25) is 0 Å². The number of likely N-dealkylation sites (tertiary alicyclic amines) is 1. The predicted octanol–water partition coefficient (Wildman–Crippen LogP) is 2.21. The molecule has 0 bridgehead atoms. The fourth-order valence-corrected chi connectivity index (χ4v) is 2.87. The Morgan fingerprint density at radius 1 is 1.53 bits per heavy atom. The van der Waals surface area contributed by atoms with Crippen LogP contribution < -0.4 is 11.1 Å². The second-order valence-electron chi connectivity index (χ2n) is 5.31. The third kappa shape index (κ3) is 3.22. The van der Waals surface area contributed by atoms with E-state index in [-0.39, 0.29) is 10.8 Å². The highest BCUT2D eigenvalue weighted by molar-refractivity contribution is 7.80. The van der Waals surface area contributed by atoms with Gasteiger partial charge in [-0.1, -0.05) is 25.2 Å². The maximum atomic E-state index is 13.8. The Balaban J connectivity index is 2.19. The van der Waals surface area contributed by atoms with Gasteiger partial charge in [0.15, 0.2) is 0 Å². The molecule has 0 aliphatic carbocycles. The van der Waals surface area contributed by atoms with Crippen molar-refractivity contribution in [3.8, 4) is 0 Å². The average molecular weight is 281 g/mol. The van der Waals surface area contributed by atoms with E-state index >= 15 is 0 Å². The monoisotopic (exact) mass is 281 g/mol. The summed E-state index contributed by atoms with van der Waals surface area (Å²) in [4.78, 5) is 2.41. The number of hydrogen-bond donors (Lipinski definition) is 2. The molecule has 1 heterocycles. The lowest BCUT2D eigenvalue weighted by Gasteiger charge is -2.36. The van der Waals surface area contributed by atoms with Crippen molar-refractivity contribution in [3.63, 3.8) is 0 Å². The van der Waals surface area contributed by atoms with E-state index in [9.17, 15) is 4.39 Å². The van der Waals surface area contributed by atoms with Crippen molar-refractivity contribution in [1.29, 1.82) is 0 Å². The summed E-state index contributed by atoms with van der Waals surface area (Å²) in [6.45, 7) is 4.28. The number of halogens is 1. The van der Waals surface area contributed by atoms with Crippen molar-refractivity contribution in [2.75, 3.05) is 25.5 Å². The maximum Gasteiger partial charge on any atom is 0.135 e. The molecule has 104 valence electrons. The molecule has 2 rings (SSSR count). The van der Waals surface area contributed by atoms with Gasteiger partial charge in [0.1, 0.15) is 10.8 Å². The molecule has 1 fully saturated rings. The Bertz CT molecular complexity index is 478. The molecule has 1 aliphatic heterocycles. The van der Waals surface area contributed by atoms with Gasteiger partial charge < -0.3 is 16.0 Å². The number of thiocarbonyl (C=S) groups is 1. The predicted molar refractivity (Wildman–Crippen MR) is 81.0 cm³/mol. The number of nitrogens with zero attached hydrogens (tertiary/aromatic N) is 1. The van der Waals surface area contributed by atoms with Crippen LogP contribution in [0, 0.1) is 11.7 Å². The number of benzene rings is 1. The first-order valence-electron chi connectivity index (χ1n) is 6.52. The van der Waals surface area contributed by atoms with Gasteiger partial charge in [-0.15, -0.1) is 0 Å². The summed E-state index contributed by atoms with van der Waals surface area (Å²) >= 11 is 4.94. The summed E-state index contributed by atoms with van der Waals surface area (Å²) in [7, 11) is 2.12. The molecule has 0 spiro atoms. The number of rotatable bonds is 3. The van der Waals surface area contributed by atoms with Crippen LogP contribution in [-0.2, 0) is 0 Å². The van der Waals surface area contributed by atoms with Crippen LogP contribution in [-0.4, -0.2) is 36.1 Å². The lowest BCUT2D eigenvalue weighted by atomic mass is 9.93. The quantitative estimate of drug-likeness (QED) is 0.834. The van der Waals surface area contributed by atoms with E-state index in [4.69, 9.17) is 18.0 Å². The molecule has 3 nitrogen and oxygen atoms in total. The first kappa shape index (κ1) is 14.2. The molecule has 1 saturated heterocycles. The summed E-state index contributed by atoms with van der Waals surface area (Å²) in [5.74, 6) is 0.138. The van der Waals surface area contributed by atoms with Gasteiger partial charge in [-0.05, 0) is 38.1 Å². The van der Waals surface area contributed by atoms with Crippen molar-refractivity contribution in [2.24, 2.45) is 11.7 Å². The summed E-state index contributed by atoms with van der Waals surface area (Å²) in [6.07, 6.45) is 1.03. The van der Waals surface area contributed by atoms with Gasteiger partial charge in [-0.2, -0.15) is 0 Å². The van der Waals surface area contributed by atoms with Crippen LogP contribution in [0.2, 0.25) is 0 Å². The molecule has 0 saturated carbocycles. The average Bonchev–Trinajstić information content (AvgIpc) is 2.32. The third-order valence-electron chi connectivity index (χ3n) is 3.71. The van der Waals surface area contributed by atoms with Crippen LogP contribution in [0.25, 0.3) is 0 Å². The molecule has 2 atom stereocenters. The molecule has 3 N–H and O–H groups in total. The minimum Gasteiger partial charge on any atom is -0.389 e. The summed E-state index contributed by atoms with van der Waals surface area (Å²) in [6, 6.07) is 5.23. The zero-order valence-corrected chi connectivity index (χ0v) is 12.1. The van der Waals surface area contributed by atoms with Gasteiger partial charge in [0.2, 0.25) is 0 Å². The summed E-state index contributed by atoms with van der Waals surface area (Å²) in [5.41, 5.74) is 6.65. The lowest BCUT2D eigenvalue weighted by Crippen LogP contribution is -2.43. The number of piperidine rings is 1. The molecule has 1 aromatic rings. The lowest BCUT2D eigenvalue weighted by molar-refractivity contribution is 0.206. The molecular formula is C14H20FN3S. The Labute approximate surface area is 119 Å². The van der Waals surface area contributed by atoms with Gasteiger partial charge in [-0.25, -0.2) is 4.39 Å². The molecule has 19 heavy (non-hydrogen) atoms. The van der Waals surface area contributed by atoms with Crippen molar-refractivity contribution >= 4 is 22.9 Å². The molecule has 0 aromatic heterocycles. The SMILES string of the molecule is CC1CN(C)CCC1Nc1cccc(F)c1C(N)=S. The second kappa shape index (κ2) is 5.84. The molecule has 0 radical (unpaired) electrons. The minimum atomic E-state index is -0.363. The fraction of sp³-hybridized carbons (Fsp3) is 0.500. The molecule has 1 aromatic carbocycles. The first-order valence-corrected chi connectivity index (χ1v) is 6.93. The number of hydrogen-bond acceptors (Lipinski definition) is 3. The molecular weight excluding hydrogens is 261 g/mol. The molecule has 1 aliphatic rings. The normalized spacial score (nSPS) is 24.2. The second-order valence-corrected chi connectivity index (χ2v) is 5.75. The number of nitrogens with two attached hydrogens (primary N) is 1. The van der Waals surface area contributed by atoms with Crippen molar-refractivity contribution < 1.29 is 4.39 Å². The Hall–Kier alpha value is -1.20. The smallest absolute Gasteiger partial charge is 0.135 e. The van der Waals surface area contributed by atoms with Gasteiger partial charge in [0.05, 0.1) is 5.56 Å². The zero-order chi connectivity index (χ0) is 14.0. The van der Waals surface area contributed by atoms with Crippen LogP contribution in [0.4, 0.5) is 10.1 Å². The van der Waals surface area contributed by atoms with Crippen LogP contribution in [0.1, 0.15) is 18.9 Å². The van der Waals surface area contributed by atoms with Crippen LogP contribution in [0.15, 0.2) is 18.2 Å². The van der Waals surface area contributed by atoms with E-state index in [1.54, 1.807) is 6.07 Å². The van der Waals surface area contributed by atoms with Crippen molar-refractivity contribution in [1.82, 2.24) is 4.90 Å². The third-order valence-corrected chi connectivity index (χ3v) is 3.91. The van der Waals surface area contributed by atoms with E-state index in [1.807, 2.05) is 6.07 Å². The van der Waals surface area contributed by atoms with E-state index in [0.29, 0.717) is 23.2 Å². The Morgan fingerprint density at radius 3 is 2.89 bits per heavy atom. The van der Waals surface area contributed by atoms with Gasteiger partial charge >= 0.3 is 0 Å². The fourth-order valence-electron chi connectivity index (χ4n) is 2.66. The van der Waals surface area contributed by atoms with E-state index in [2.05, 4.69) is 24.2 Å². The van der Waals surface area contributed by atoms with Gasteiger partial charge in [0, 0.05) is 18.3 Å². The minimum absolute atomic E-state index is 0.0983. The van der Waals surface area contributed by atoms with Crippen LogP contribution in [0.5, 0.6) is 0 Å². The van der Waals surface area contributed by atoms with Crippen LogP contribution >= 0.6 is 12.2 Å². The Kier molecular flexibility index (Phi) is 4.37. The summed E-state index contributed by atoms with van der Waals surface area (Å²) in [5, 5.41) is 3.41. The standard InChI is InChI=1S/C14H20FN3S/c1-9-8-18(2)7-6-11(9)17-12-5-3-4-10(15)13(12)14(16)19/h3-5,9,11,17H,6-8H2,1-2H3,(H2,16,19). The van der Waals surface area contributed by atoms with E-state index in [0.717, 1.165) is 19.5 Å².